The molecule has 84 valence electrons. The Kier molecular flexibility index (Phi) is 3.94. The Bertz CT molecular complexity index is 341. The van der Waals surface area contributed by atoms with Crippen molar-refractivity contribution in [2.75, 3.05) is 20.7 Å². The van der Waals surface area contributed by atoms with Crippen LogP contribution in [0.4, 0.5) is 4.39 Å². The minimum Gasteiger partial charge on any atom is -0.495 e. The highest BCUT2D eigenvalue weighted by Crippen LogP contribution is 2.31. The third kappa shape index (κ3) is 2.83. The Morgan fingerprint density at radius 2 is 2.20 bits per heavy atom. The van der Waals surface area contributed by atoms with Gasteiger partial charge in [0.15, 0.2) is 0 Å². The maximum Gasteiger partial charge on any atom is 0.145 e. The Labute approximate surface area is 94.4 Å². The standard InChI is InChI=1S/C11H15ClFNO/c1-11(13,7-14-2)8-4-5-10(15-3)9(12)6-8/h4-6,14H,7H2,1-3H3. The van der Waals surface area contributed by atoms with Gasteiger partial charge in [-0.2, -0.15) is 0 Å². The molecule has 1 atom stereocenters. The predicted octanol–water partition coefficient (Wildman–Crippen LogP) is 2.75. The van der Waals surface area contributed by atoms with Gasteiger partial charge in [-0.25, -0.2) is 4.39 Å². The first-order chi connectivity index (χ1) is 7.01. The molecule has 1 aromatic rings. The van der Waals surface area contributed by atoms with Crippen LogP contribution in [0.2, 0.25) is 5.02 Å². The lowest BCUT2D eigenvalue weighted by atomic mass is 9.98. The molecule has 2 nitrogen and oxygen atoms in total. The van der Waals surface area contributed by atoms with Crippen molar-refractivity contribution in [3.8, 4) is 5.75 Å². The van der Waals surface area contributed by atoms with Crippen molar-refractivity contribution in [3.05, 3.63) is 28.8 Å². The fourth-order valence-corrected chi connectivity index (χ4v) is 1.68. The van der Waals surface area contributed by atoms with E-state index in [2.05, 4.69) is 5.32 Å². The number of hydrogen-bond donors (Lipinski definition) is 1. The molecule has 0 saturated carbocycles. The van der Waals surface area contributed by atoms with Crippen LogP contribution in [0.15, 0.2) is 18.2 Å². The number of hydrogen-bond acceptors (Lipinski definition) is 2. The first-order valence-corrected chi connectivity index (χ1v) is 5.06. The second-order valence-electron chi connectivity index (χ2n) is 3.58. The van der Waals surface area contributed by atoms with Gasteiger partial charge in [0.05, 0.1) is 12.1 Å². The Morgan fingerprint density at radius 1 is 1.53 bits per heavy atom. The lowest BCUT2D eigenvalue weighted by Gasteiger charge is -2.21. The maximum atomic E-state index is 14.1. The van der Waals surface area contributed by atoms with Gasteiger partial charge in [0.1, 0.15) is 11.4 Å². The zero-order chi connectivity index (χ0) is 11.5. The lowest BCUT2D eigenvalue weighted by molar-refractivity contribution is 0.190. The van der Waals surface area contributed by atoms with Gasteiger partial charge in [0.25, 0.3) is 0 Å². The molecule has 0 heterocycles. The highest BCUT2D eigenvalue weighted by atomic mass is 35.5. The molecule has 0 aliphatic heterocycles. The first kappa shape index (κ1) is 12.3. The monoisotopic (exact) mass is 231 g/mol. The molecule has 1 aromatic carbocycles. The number of benzene rings is 1. The van der Waals surface area contributed by atoms with Gasteiger partial charge in [0, 0.05) is 6.54 Å². The molecule has 0 aliphatic carbocycles. The summed E-state index contributed by atoms with van der Waals surface area (Å²) >= 11 is 5.92. The van der Waals surface area contributed by atoms with Crippen molar-refractivity contribution >= 4 is 11.6 Å². The van der Waals surface area contributed by atoms with E-state index in [1.165, 1.54) is 14.0 Å². The van der Waals surface area contributed by atoms with Gasteiger partial charge in [-0.15, -0.1) is 0 Å². The van der Waals surface area contributed by atoms with E-state index in [-0.39, 0.29) is 6.54 Å². The van der Waals surface area contributed by atoms with Crippen LogP contribution in [-0.4, -0.2) is 20.7 Å². The van der Waals surface area contributed by atoms with E-state index in [4.69, 9.17) is 16.3 Å². The minimum atomic E-state index is -1.43. The molecule has 0 fully saturated rings. The topological polar surface area (TPSA) is 21.3 Å². The average Bonchev–Trinajstić information content (AvgIpc) is 2.17. The average molecular weight is 232 g/mol. The fourth-order valence-electron chi connectivity index (χ4n) is 1.42. The first-order valence-electron chi connectivity index (χ1n) is 4.69. The van der Waals surface area contributed by atoms with E-state index >= 15 is 0 Å². The highest BCUT2D eigenvalue weighted by molar-refractivity contribution is 6.32. The summed E-state index contributed by atoms with van der Waals surface area (Å²) in [7, 11) is 3.24. The van der Waals surface area contributed by atoms with E-state index in [1.807, 2.05) is 0 Å². The Balaban J connectivity index is 3.01. The quantitative estimate of drug-likeness (QED) is 0.861. The van der Waals surface area contributed by atoms with Crippen LogP contribution in [0.1, 0.15) is 12.5 Å². The van der Waals surface area contributed by atoms with Gasteiger partial charge < -0.3 is 10.1 Å². The summed E-state index contributed by atoms with van der Waals surface area (Å²) < 4.78 is 19.1. The summed E-state index contributed by atoms with van der Waals surface area (Å²) in [5.74, 6) is 0.556. The molecule has 0 saturated heterocycles. The zero-order valence-corrected chi connectivity index (χ0v) is 9.86. The highest BCUT2D eigenvalue weighted by Gasteiger charge is 2.25. The molecule has 0 radical (unpaired) electrons. The van der Waals surface area contributed by atoms with Crippen molar-refractivity contribution in [1.82, 2.24) is 5.32 Å². The van der Waals surface area contributed by atoms with Crippen LogP contribution in [-0.2, 0) is 5.67 Å². The van der Waals surface area contributed by atoms with Crippen LogP contribution in [0.5, 0.6) is 5.75 Å². The van der Waals surface area contributed by atoms with Crippen molar-refractivity contribution in [3.63, 3.8) is 0 Å². The lowest BCUT2D eigenvalue weighted by Crippen LogP contribution is -2.29. The second-order valence-corrected chi connectivity index (χ2v) is 3.98. The molecule has 0 amide bonds. The largest absolute Gasteiger partial charge is 0.495 e. The SMILES string of the molecule is CNCC(C)(F)c1ccc(OC)c(Cl)c1. The molecule has 0 bridgehead atoms. The van der Waals surface area contributed by atoms with Gasteiger partial charge >= 0.3 is 0 Å². The number of nitrogens with one attached hydrogen (secondary N) is 1. The zero-order valence-electron chi connectivity index (χ0n) is 9.10. The van der Waals surface area contributed by atoms with Crippen LogP contribution in [0.25, 0.3) is 0 Å². The third-order valence-corrected chi connectivity index (χ3v) is 2.56. The van der Waals surface area contributed by atoms with Crippen LogP contribution < -0.4 is 10.1 Å². The number of alkyl halides is 1. The third-order valence-electron chi connectivity index (χ3n) is 2.26. The molecule has 1 N–H and O–H groups in total. The molecular weight excluding hydrogens is 217 g/mol. The summed E-state index contributed by atoms with van der Waals surface area (Å²) in [4.78, 5) is 0. The molecule has 1 unspecified atom stereocenters. The van der Waals surface area contributed by atoms with E-state index in [9.17, 15) is 4.39 Å². The van der Waals surface area contributed by atoms with Crippen molar-refractivity contribution in [2.45, 2.75) is 12.6 Å². The number of likely N-dealkylation sites (N-methyl/N-ethyl adjacent to an activating group) is 1. The van der Waals surface area contributed by atoms with Gasteiger partial charge in [-0.05, 0) is 31.7 Å². The van der Waals surface area contributed by atoms with Crippen molar-refractivity contribution in [2.24, 2.45) is 0 Å². The van der Waals surface area contributed by atoms with Crippen molar-refractivity contribution in [1.29, 1.82) is 0 Å². The van der Waals surface area contributed by atoms with E-state index in [0.29, 0.717) is 16.3 Å². The number of rotatable bonds is 4. The van der Waals surface area contributed by atoms with E-state index < -0.39 is 5.67 Å². The second kappa shape index (κ2) is 4.81. The van der Waals surface area contributed by atoms with E-state index in [0.717, 1.165) is 0 Å². The maximum absolute atomic E-state index is 14.1. The molecule has 4 heteroatoms. The van der Waals surface area contributed by atoms with Gasteiger partial charge in [-0.1, -0.05) is 17.7 Å². The molecule has 0 spiro atoms. The van der Waals surface area contributed by atoms with Crippen LogP contribution >= 0.6 is 11.6 Å². The van der Waals surface area contributed by atoms with Crippen LogP contribution in [0, 0.1) is 0 Å². The summed E-state index contributed by atoms with van der Waals surface area (Å²) in [5, 5.41) is 3.23. The molecule has 0 aromatic heterocycles. The van der Waals surface area contributed by atoms with Gasteiger partial charge in [0.2, 0.25) is 0 Å². The van der Waals surface area contributed by atoms with Crippen molar-refractivity contribution < 1.29 is 9.13 Å². The minimum absolute atomic E-state index is 0.246. The predicted molar refractivity (Wildman–Crippen MR) is 60.4 cm³/mol. The van der Waals surface area contributed by atoms with Crippen LogP contribution in [0.3, 0.4) is 0 Å². The number of halogens is 2. The number of methoxy groups -OCH3 is 1. The molecule has 15 heavy (non-hydrogen) atoms. The molecular formula is C11H15ClFNO. The summed E-state index contributed by atoms with van der Waals surface area (Å²) in [5.41, 5.74) is -0.882. The molecule has 0 aliphatic rings. The van der Waals surface area contributed by atoms with Gasteiger partial charge in [-0.3, -0.25) is 0 Å². The Hall–Kier alpha value is -0.800. The fraction of sp³-hybridized carbons (Fsp3) is 0.455. The summed E-state index contributed by atoms with van der Waals surface area (Å²) in [6.45, 7) is 1.76. The smallest absolute Gasteiger partial charge is 0.145 e. The molecule has 1 rings (SSSR count). The summed E-state index contributed by atoms with van der Waals surface area (Å²) in [6.07, 6.45) is 0. The Morgan fingerprint density at radius 3 is 2.67 bits per heavy atom. The normalized spacial score (nSPS) is 14.7. The summed E-state index contributed by atoms with van der Waals surface area (Å²) in [6, 6.07) is 4.95. The number of ether oxygens (including phenoxy) is 1. The van der Waals surface area contributed by atoms with E-state index in [1.54, 1.807) is 25.2 Å².